The predicted octanol–water partition coefficient (Wildman–Crippen LogP) is 3.62. The first-order valence-corrected chi connectivity index (χ1v) is 7.80. The van der Waals surface area contributed by atoms with Crippen LogP contribution in [-0.2, 0) is 11.2 Å². The van der Waals surface area contributed by atoms with E-state index in [0.717, 1.165) is 16.1 Å². The first-order chi connectivity index (χ1) is 10.6. The standard InChI is InChI=1S/C17H23F3N2O/c1-12-7-4-5-8-13(12)9-6-10-14(17(18,19)20)22-11-16(2,3)15(23)21-22/h4-5,7-8,14H,6,9-11H2,1-3H3,(H,21,23)/t14-/m0/s1. The number of hydrazine groups is 1. The molecule has 1 heterocycles. The van der Waals surface area contributed by atoms with Crippen LogP contribution < -0.4 is 5.43 Å². The minimum atomic E-state index is -4.36. The van der Waals surface area contributed by atoms with Crippen molar-refractivity contribution in [3.8, 4) is 0 Å². The van der Waals surface area contributed by atoms with Gasteiger partial charge < -0.3 is 0 Å². The number of amides is 1. The van der Waals surface area contributed by atoms with Crippen molar-refractivity contribution in [1.29, 1.82) is 0 Å². The number of carbonyl (C=O) groups is 1. The number of carbonyl (C=O) groups excluding carboxylic acids is 1. The third kappa shape index (κ3) is 4.25. The van der Waals surface area contributed by atoms with Gasteiger partial charge in [0, 0.05) is 6.54 Å². The van der Waals surface area contributed by atoms with Gasteiger partial charge >= 0.3 is 6.18 Å². The van der Waals surface area contributed by atoms with Crippen molar-refractivity contribution in [3.05, 3.63) is 35.4 Å². The zero-order valence-corrected chi connectivity index (χ0v) is 13.7. The third-order valence-electron chi connectivity index (χ3n) is 4.36. The minimum absolute atomic E-state index is 0.0335. The average molecular weight is 328 g/mol. The summed E-state index contributed by atoms with van der Waals surface area (Å²) in [6.07, 6.45) is -3.38. The quantitative estimate of drug-likeness (QED) is 0.895. The van der Waals surface area contributed by atoms with E-state index >= 15 is 0 Å². The second kappa shape index (κ2) is 6.51. The summed E-state index contributed by atoms with van der Waals surface area (Å²) >= 11 is 0. The molecule has 2 rings (SSSR count). The Hall–Kier alpha value is -1.56. The van der Waals surface area contributed by atoms with E-state index in [2.05, 4.69) is 5.43 Å². The molecule has 1 aliphatic heterocycles. The Morgan fingerprint density at radius 2 is 1.96 bits per heavy atom. The summed E-state index contributed by atoms with van der Waals surface area (Å²) in [5.74, 6) is -0.356. The first kappa shape index (κ1) is 17.8. The molecular weight excluding hydrogens is 305 g/mol. The Morgan fingerprint density at radius 1 is 1.30 bits per heavy atom. The summed E-state index contributed by atoms with van der Waals surface area (Å²) in [6, 6.07) is 6.07. The number of rotatable bonds is 5. The van der Waals surface area contributed by atoms with Gasteiger partial charge in [-0.3, -0.25) is 10.2 Å². The monoisotopic (exact) mass is 328 g/mol. The fraction of sp³-hybridized carbons (Fsp3) is 0.588. The molecule has 0 aromatic heterocycles. The molecule has 0 radical (unpaired) electrons. The lowest BCUT2D eigenvalue weighted by Crippen LogP contribution is -2.50. The van der Waals surface area contributed by atoms with E-state index < -0.39 is 17.6 Å². The van der Waals surface area contributed by atoms with Gasteiger partial charge in [0.2, 0.25) is 5.91 Å². The number of hydrogen-bond donors (Lipinski definition) is 1. The fourth-order valence-corrected chi connectivity index (χ4v) is 2.88. The summed E-state index contributed by atoms with van der Waals surface area (Å²) in [5.41, 5.74) is 3.75. The molecule has 0 unspecified atom stereocenters. The molecule has 0 aliphatic carbocycles. The molecule has 0 saturated carbocycles. The zero-order valence-electron chi connectivity index (χ0n) is 13.7. The molecule has 128 valence electrons. The van der Waals surface area contributed by atoms with Gasteiger partial charge in [-0.1, -0.05) is 24.3 Å². The summed E-state index contributed by atoms with van der Waals surface area (Å²) in [5, 5.41) is 1.06. The van der Waals surface area contributed by atoms with Crippen molar-refractivity contribution in [2.45, 2.75) is 52.3 Å². The maximum Gasteiger partial charge on any atom is 0.405 e. The highest BCUT2D eigenvalue weighted by Gasteiger charge is 2.49. The van der Waals surface area contributed by atoms with E-state index in [1.165, 1.54) is 0 Å². The minimum Gasteiger partial charge on any atom is -0.288 e. The van der Waals surface area contributed by atoms with Crippen LogP contribution in [-0.4, -0.2) is 29.7 Å². The average Bonchev–Trinajstić information content (AvgIpc) is 2.69. The Labute approximate surface area is 134 Å². The Kier molecular flexibility index (Phi) is 5.04. The van der Waals surface area contributed by atoms with Crippen LogP contribution in [0.25, 0.3) is 0 Å². The Bertz CT molecular complexity index is 569. The molecule has 23 heavy (non-hydrogen) atoms. The van der Waals surface area contributed by atoms with E-state index in [1.807, 2.05) is 31.2 Å². The maximum atomic E-state index is 13.4. The molecule has 1 aliphatic rings. The van der Waals surface area contributed by atoms with E-state index in [0.29, 0.717) is 12.8 Å². The second-order valence-corrected chi connectivity index (χ2v) is 6.83. The summed E-state index contributed by atoms with van der Waals surface area (Å²) < 4.78 is 40.1. The number of hydrogen-bond acceptors (Lipinski definition) is 2. The molecule has 1 saturated heterocycles. The normalized spacial score (nSPS) is 19.7. The van der Waals surface area contributed by atoms with Crippen LogP contribution in [0.2, 0.25) is 0 Å². The van der Waals surface area contributed by atoms with Crippen LogP contribution >= 0.6 is 0 Å². The lowest BCUT2D eigenvalue weighted by Gasteiger charge is -2.29. The van der Waals surface area contributed by atoms with Crippen molar-refractivity contribution in [2.75, 3.05) is 6.54 Å². The lowest BCUT2D eigenvalue weighted by molar-refractivity contribution is -0.190. The molecule has 0 bridgehead atoms. The smallest absolute Gasteiger partial charge is 0.288 e. The number of alkyl halides is 3. The predicted molar refractivity (Wildman–Crippen MR) is 82.6 cm³/mol. The first-order valence-electron chi connectivity index (χ1n) is 7.80. The van der Waals surface area contributed by atoms with Gasteiger partial charge in [0.25, 0.3) is 0 Å². The number of aryl methyl sites for hydroxylation is 2. The number of halogens is 3. The number of nitrogens with zero attached hydrogens (tertiary/aromatic N) is 1. The van der Waals surface area contributed by atoms with Gasteiger partial charge in [0.05, 0.1) is 5.41 Å². The van der Waals surface area contributed by atoms with Gasteiger partial charge in [-0.15, -0.1) is 0 Å². The van der Waals surface area contributed by atoms with Crippen molar-refractivity contribution >= 4 is 5.91 Å². The van der Waals surface area contributed by atoms with Crippen molar-refractivity contribution in [3.63, 3.8) is 0 Å². The summed E-state index contributed by atoms with van der Waals surface area (Å²) in [4.78, 5) is 11.8. The molecule has 1 amide bonds. The van der Waals surface area contributed by atoms with Crippen LogP contribution in [0.15, 0.2) is 24.3 Å². The zero-order chi connectivity index (χ0) is 17.3. The molecule has 3 nitrogen and oxygen atoms in total. The largest absolute Gasteiger partial charge is 0.405 e. The SMILES string of the molecule is Cc1ccccc1CCC[C@H](N1CC(C)(C)C(=O)N1)C(F)(F)F. The number of nitrogens with one attached hydrogen (secondary N) is 1. The topological polar surface area (TPSA) is 32.3 Å². The summed E-state index contributed by atoms with van der Waals surface area (Å²) in [7, 11) is 0. The number of benzene rings is 1. The molecule has 1 atom stereocenters. The second-order valence-electron chi connectivity index (χ2n) is 6.83. The lowest BCUT2D eigenvalue weighted by atomic mass is 9.94. The molecule has 1 N–H and O–H groups in total. The Balaban J connectivity index is 2.01. The van der Waals surface area contributed by atoms with Crippen molar-refractivity contribution in [1.82, 2.24) is 10.4 Å². The van der Waals surface area contributed by atoms with Crippen LogP contribution in [0.5, 0.6) is 0 Å². The fourth-order valence-electron chi connectivity index (χ4n) is 2.88. The van der Waals surface area contributed by atoms with Gasteiger partial charge in [-0.25, -0.2) is 5.01 Å². The third-order valence-corrected chi connectivity index (χ3v) is 4.36. The Morgan fingerprint density at radius 3 is 2.48 bits per heavy atom. The van der Waals surface area contributed by atoms with Crippen LogP contribution in [0.3, 0.4) is 0 Å². The summed E-state index contributed by atoms with van der Waals surface area (Å²) in [6.45, 7) is 5.34. The highest BCUT2D eigenvalue weighted by Crippen LogP contribution is 2.33. The molecule has 1 fully saturated rings. The molecule has 1 aromatic carbocycles. The molecule has 6 heteroatoms. The van der Waals surface area contributed by atoms with Crippen molar-refractivity contribution in [2.24, 2.45) is 5.41 Å². The van der Waals surface area contributed by atoms with Crippen LogP contribution in [0, 0.1) is 12.3 Å². The van der Waals surface area contributed by atoms with E-state index in [-0.39, 0.29) is 18.9 Å². The highest BCUT2D eigenvalue weighted by molar-refractivity contribution is 5.83. The van der Waals surface area contributed by atoms with E-state index in [1.54, 1.807) is 13.8 Å². The van der Waals surface area contributed by atoms with Crippen LogP contribution in [0.4, 0.5) is 13.2 Å². The van der Waals surface area contributed by atoms with Gasteiger partial charge in [0.15, 0.2) is 0 Å². The van der Waals surface area contributed by atoms with Gasteiger partial charge in [-0.05, 0) is 51.2 Å². The van der Waals surface area contributed by atoms with Gasteiger partial charge in [0.1, 0.15) is 6.04 Å². The highest BCUT2D eigenvalue weighted by atomic mass is 19.4. The molecule has 1 aromatic rings. The molecular formula is C17H23F3N2O. The maximum absolute atomic E-state index is 13.4. The van der Waals surface area contributed by atoms with Gasteiger partial charge in [-0.2, -0.15) is 13.2 Å². The van der Waals surface area contributed by atoms with E-state index in [9.17, 15) is 18.0 Å². The van der Waals surface area contributed by atoms with E-state index in [4.69, 9.17) is 0 Å². The molecule has 0 spiro atoms. The van der Waals surface area contributed by atoms with Crippen LogP contribution in [0.1, 0.15) is 37.8 Å². The van der Waals surface area contributed by atoms with Crippen molar-refractivity contribution < 1.29 is 18.0 Å².